The molecule has 0 saturated heterocycles. The molecule has 0 amide bonds. The van der Waals surface area contributed by atoms with Crippen molar-refractivity contribution in [2.24, 2.45) is 0 Å². The second-order valence-electron chi connectivity index (χ2n) is 3.28. The highest BCUT2D eigenvalue weighted by atomic mass is 32.2. The summed E-state index contributed by atoms with van der Waals surface area (Å²) in [6.07, 6.45) is 3.42. The highest BCUT2D eigenvalue weighted by Gasteiger charge is 2.09. The van der Waals surface area contributed by atoms with Crippen molar-refractivity contribution in [1.82, 2.24) is 15.2 Å². The molecule has 2 heterocycles. The Labute approximate surface area is 92.1 Å². The summed E-state index contributed by atoms with van der Waals surface area (Å²) in [5.74, 6) is 0.520. The van der Waals surface area contributed by atoms with Gasteiger partial charge in [-0.25, -0.2) is 0 Å². The van der Waals surface area contributed by atoms with Gasteiger partial charge in [0.25, 0.3) is 5.22 Å². The number of hydrogen-bond acceptors (Lipinski definition) is 5. The number of aromatic nitrogens is 3. The summed E-state index contributed by atoms with van der Waals surface area (Å²) < 4.78 is 5.48. The van der Waals surface area contributed by atoms with E-state index in [0.29, 0.717) is 16.4 Å². The molecule has 78 valence electrons. The monoisotopic (exact) mass is 221 g/mol. The third-order valence-corrected chi connectivity index (χ3v) is 2.49. The van der Waals surface area contributed by atoms with Gasteiger partial charge in [0.1, 0.15) is 0 Å². The van der Waals surface area contributed by atoms with E-state index < -0.39 is 0 Å². The lowest BCUT2D eigenvalue weighted by Gasteiger charge is -1.96. The Morgan fingerprint density at radius 2 is 2.20 bits per heavy atom. The minimum absolute atomic E-state index is 0.437. The van der Waals surface area contributed by atoms with E-state index in [4.69, 9.17) is 4.42 Å². The largest absolute Gasteiger partial charge is 0.411 e. The van der Waals surface area contributed by atoms with Gasteiger partial charge in [-0.05, 0) is 12.1 Å². The molecule has 4 nitrogen and oxygen atoms in total. The summed E-state index contributed by atoms with van der Waals surface area (Å²) in [4.78, 5) is 4.00. The highest BCUT2D eigenvalue weighted by molar-refractivity contribution is 7.99. The Bertz CT molecular complexity index is 427. The van der Waals surface area contributed by atoms with Crippen LogP contribution in [0.3, 0.4) is 0 Å². The zero-order chi connectivity index (χ0) is 10.7. The molecular weight excluding hydrogens is 210 g/mol. The normalized spacial score (nSPS) is 10.9. The van der Waals surface area contributed by atoms with Gasteiger partial charge in [0.2, 0.25) is 5.89 Å². The molecule has 0 aliphatic carbocycles. The van der Waals surface area contributed by atoms with Crippen molar-refractivity contribution in [3.8, 4) is 11.5 Å². The summed E-state index contributed by atoms with van der Waals surface area (Å²) >= 11 is 1.55. The Balaban J connectivity index is 2.21. The third-order valence-electron chi connectivity index (χ3n) is 1.65. The summed E-state index contributed by atoms with van der Waals surface area (Å²) in [6.45, 7) is 4.16. The highest BCUT2D eigenvalue weighted by Crippen LogP contribution is 2.24. The lowest BCUT2D eigenvalue weighted by Crippen LogP contribution is -1.84. The molecule has 0 N–H and O–H groups in total. The first-order valence-electron chi connectivity index (χ1n) is 4.66. The first kappa shape index (κ1) is 10.2. The van der Waals surface area contributed by atoms with Crippen molar-refractivity contribution in [3.63, 3.8) is 0 Å². The summed E-state index contributed by atoms with van der Waals surface area (Å²) in [5, 5.41) is 8.95. The molecule has 0 aliphatic heterocycles. The molecule has 0 aromatic carbocycles. The fourth-order valence-corrected chi connectivity index (χ4v) is 1.68. The van der Waals surface area contributed by atoms with Gasteiger partial charge >= 0.3 is 0 Å². The zero-order valence-corrected chi connectivity index (χ0v) is 9.36. The summed E-state index contributed by atoms with van der Waals surface area (Å²) in [6, 6.07) is 3.74. The van der Waals surface area contributed by atoms with Gasteiger partial charge in [0.05, 0.1) is 5.56 Å². The van der Waals surface area contributed by atoms with E-state index in [1.54, 1.807) is 24.2 Å². The Kier molecular flexibility index (Phi) is 3.01. The standard InChI is InChI=1S/C10H11N3OS/c1-7(2)15-10-13-12-9(14-10)8-4-3-5-11-6-8/h3-7H,1-2H3. The van der Waals surface area contributed by atoms with Crippen molar-refractivity contribution in [2.45, 2.75) is 24.3 Å². The van der Waals surface area contributed by atoms with Crippen LogP contribution in [-0.4, -0.2) is 20.4 Å². The van der Waals surface area contributed by atoms with Crippen LogP contribution in [0.15, 0.2) is 34.2 Å². The van der Waals surface area contributed by atoms with Gasteiger partial charge in [-0.3, -0.25) is 4.98 Å². The van der Waals surface area contributed by atoms with Crippen LogP contribution in [0.2, 0.25) is 0 Å². The van der Waals surface area contributed by atoms with Crippen LogP contribution < -0.4 is 0 Å². The number of rotatable bonds is 3. The topological polar surface area (TPSA) is 51.8 Å². The second-order valence-corrected chi connectivity index (χ2v) is 4.81. The van der Waals surface area contributed by atoms with Crippen molar-refractivity contribution >= 4 is 11.8 Å². The molecular formula is C10H11N3OS. The van der Waals surface area contributed by atoms with Crippen molar-refractivity contribution < 1.29 is 4.42 Å². The molecule has 2 aromatic heterocycles. The van der Waals surface area contributed by atoms with E-state index in [-0.39, 0.29) is 0 Å². The molecule has 5 heteroatoms. The first-order chi connectivity index (χ1) is 7.25. The van der Waals surface area contributed by atoms with Crippen LogP contribution in [-0.2, 0) is 0 Å². The molecule has 0 atom stereocenters. The minimum Gasteiger partial charge on any atom is -0.411 e. The van der Waals surface area contributed by atoms with Gasteiger partial charge in [-0.2, -0.15) is 0 Å². The maximum atomic E-state index is 5.48. The van der Waals surface area contributed by atoms with Crippen molar-refractivity contribution in [1.29, 1.82) is 0 Å². The molecule has 2 aromatic rings. The Morgan fingerprint density at radius 3 is 2.87 bits per heavy atom. The molecule has 0 unspecified atom stereocenters. The molecule has 0 radical (unpaired) electrons. The first-order valence-corrected chi connectivity index (χ1v) is 5.54. The van der Waals surface area contributed by atoms with Crippen LogP contribution >= 0.6 is 11.8 Å². The number of pyridine rings is 1. The number of thioether (sulfide) groups is 1. The van der Waals surface area contributed by atoms with Gasteiger partial charge in [-0.15, -0.1) is 10.2 Å². The maximum absolute atomic E-state index is 5.48. The van der Waals surface area contributed by atoms with E-state index in [1.807, 2.05) is 12.1 Å². The Morgan fingerprint density at radius 1 is 1.33 bits per heavy atom. The molecule has 0 aliphatic rings. The lowest BCUT2D eigenvalue weighted by atomic mass is 10.3. The van der Waals surface area contributed by atoms with E-state index in [2.05, 4.69) is 29.0 Å². The maximum Gasteiger partial charge on any atom is 0.277 e. The van der Waals surface area contributed by atoms with Crippen LogP contribution in [0.5, 0.6) is 0 Å². The quantitative estimate of drug-likeness (QED) is 0.746. The van der Waals surface area contributed by atoms with Gasteiger partial charge in [0.15, 0.2) is 0 Å². The molecule has 2 rings (SSSR count). The van der Waals surface area contributed by atoms with E-state index in [0.717, 1.165) is 5.56 Å². The van der Waals surface area contributed by atoms with Gasteiger partial charge < -0.3 is 4.42 Å². The smallest absolute Gasteiger partial charge is 0.277 e. The van der Waals surface area contributed by atoms with E-state index in [9.17, 15) is 0 Å². The summed E-state index contributed by atoms with van der Waals surface area (Å²) in [7, 11) is 0. The average Bonchev–Trinajstić information content (AvgIpc) is 2.67. The average molecular weight is 221 g/mol. The van der Waals surface area contributed by atoms with E-state index >= 15 is 0 Å². The predicted octanol–water partition coefficient (Wildman–Crippen LogP) is 2.63. The van der Waals surface area contributed by atoms with Crippen molar-refractivity contribution in [3.05, 3.63) is 24.5 Å². The fraction of sp³-hybridized carbons (Fsp3) is 0.300. The SMILES string of the molecule is CC(C)Sc1nnc(-c2cccnc2)o1. The molecule has 0 bridgehead atoms. The fourth-order valence-electron chi connectivity index (χ4n) is 1.06. The molecule has 0 fully saturated rings. The van der Waals surface area contributed by atoms with Gasteiger partial charge in [-0.1, -0.05) is 25.6 Å². The number of nitrogens with zero attached hydrogens (tertiary/aromatic N) is 3. The van der Waals surface area contributed by atoms with E-state index in [1.165, 1.54) is 0 Å². The third kappa shape index (κ3) is 2.56. The molecule has 0 spiro atoms. The van der Waals surface area contributed by atoms with Crippen LogP contribution in [0.1, 0.15) is 13.8 Å². The van der Waals surface area contributed by atoms with Crippen LogP contribution in [0.4, 0.5) is 0 Å². The molecule has 15 heavy (non-hydrogen) atoms. The minimum atomic E-state index is 0.437. The van der Waals surface area contributed by atoms with Crippen LogP contribution in [0, 0.1) is 0 Å². The predicted molar refractivity (Wildman–Crippen MR) is 58.5 cm³/mol. The number of hydrogen-bond donors (Lipinski definition) is 0. The zero-order valence-electron chi connectivity index (χ0n) is 8.54. The second kappa shape index (κ2) is 4.44. The molecule has 0 saturated carbocycles. The Hall–Kier alpha value is -1.36. The lowest BCUT2D eigenvalue weighted by molar-refractivity contribution is 0.465. The summed E-state index contributed by atoms with van der Waals surface area (Å²) in [5.41, 5.74) is 0.848. The van der Waals surface area contributed by atoms with Gasteiger partial charge in [0, 0.05) is 17.6 Å². The van der Waals surface area contributed by atoms with Crippen LogP contribution in [0.25, 0.3) is 11.5 Å². The van der Waals surface area contributed by atoms with Crippen molar-refractivity contribution in [2.75, 3.05) is 0 Å².